The molecule has 0 radical (unpaired) electrons. The van der Waals surface area contributed by atoms with Crippen molar-refractivity contribution in [3.8, 4) is 0 Å². The Kier molecular flexibility index (Phi) is 2.58. The van der Waals surface area contributed by atoms with E-state index < -0.39 is 0 Å². The first-order valence-corrected chi connectivity index (χ1v) is 5.86. The van der Waals surface area contributed by atoms with Crippen LogP contribution in [-0.2, 0) is 0 Å². The number of nitrogens with one attached hydrogen (secondary N) is 1. The summed E-state index contributed by atoms with van der Waals surface area (Å²) in [5, 5.41) is 10.4. The molecule has 1 amide bonds. The summed E-state index contributed by atoms with van der Waals surface area (Å²) < 4.78 is 4.98. The summed E-state index contributed by atoms with van der Waals surface area (Å²) in [4.78, 5) is 18.2. The number of aromatic nitrogens is 4. The number of nitrogens with zero attached hydrogens (tertiary/aromatic N) is 4. The standard InChI is InChI=1S/C11H13N5O2/c1-7-13-10(15-18-7)9-3-2-6-16(9)11(17)8-4-5-12-14-8/h4-5,9H,2-3,6H2,1H3,(H,12,14)/t9-/m1/s1. The van der Waals surface area contributed by atoms with E-state index in [2.05, 4.69) is 20.3 Å². The van der Waals surface area contributed by atoms with Gasteiger partial charge >= 0.3 is 0 Å². The number of carbonyl (C=O) groups is 1. The molecule has 0 aromatic carbocycles. The molecule has 18 heavy (non-hydrogen) atoms. The van der Waals surface area contributed by atoms with Crippen LogP contribution < -0.4 is 0 Å². The van der Waals surface area contributed by atoms with Gasteiger partial charge < -0.3 is 9.42 Å². The van der Waals surface area contributed by atoms with Crippen molar-refractivity contribution in [3.63, 3.8) is 0 Å². The first-order chi connectivity index (χ1) is 8.75. The summed E-state index contributed by atoms with van der Waals surface area (Å²) in [6, 6.07) is 1.57. The van der Waals surface area contributed by atoms with Crippen molar-refractivity contribution in [2.45, 2.75) is 25.8 Å². The summed E-state index contributed by atoms with van der Waals surface area (Å²) >= 11 is 0. The fourth-order valence-corrected chi connectivity index (χ4v) is 2.26. The summed E-state index contributed by atoms with van der Waals surface area (Å²) in [7, 11) is 0. The number of aryl methyl sites for hydroxylation is 1. The zero-order valence-electron chi connectivity index (χ0n) is 9.96. The van der Waals surface area contributed by atoms with Crippen LogP contribution in [0.15, 0.2) is 16.8 Å². The largest absolute Gasteiger partial charge is 0.340 e. The van der Waals surface area contributed by atoms with E-state index in [1.807, 2.05) is 0 Å². The molecule has 0 bridgehead atoms. The highest BCUT2D eigenvalue weighted by molar-refractivity contribution is 5.92. The first-order valence-electron chi connectivity index (χ1n) is 5.86. The Balaban J connectivity index is 1.85. The van der Waals surface area contributed by atoms with Crippen molar-refractivity contribution in [2.75, 3.05) is 6.54 Å². The summed E-state index contributed by atoms with van der Waals surface area (Å²) in [5.74, 6) is 1.03. The highest BCUT2D eigenvalue weighted by Gasteiger charge is 2.34. The minimum atomic E-state index is -0.0988. The normalized spacial score (nSPS) is 19.4. The molecule has 1 saturated heterocycles. The topological polar surface area (TPSA) is 87.9 Å². The molecule has 1 fully saturated rings. The smallest absolute Gasteiger partial charge is 0.272 e. The number of likely N-dealkylation sites (tertiary alicyclic amines) is 1. The fraction of sp³-hybridized carbons (Fsp3) is 0.455. The van der Waals surface area contributed by atoms with Gasteiger partial charge in [0, 0.05) is 19.7 Å². The molecule has 2 aromatic heterocycles. The van der Waals surface area contributed by atoms with Crippen molar-refractivity contribution in [1.29, 1.82) is 0 Å². The Bertz CT molecular complexity index is 548. The summed E-state index contributed by atoms with van der Waals surface area (Å²) in [5.41, 5.74) is 0.488. The van der Waals surface area contributed by atoms with Gasteiger partial charge in [-0.1, -0.05) is 5.16 Å². The predicted molar refractivity (Wildman–Crippen MR) is 60.6 cm³/mol. The van der Waals surface area contributed by atoms with E-state index >= 15 is 0 Å². The highest BCUT2D eigenvalue weighted by Crippen LogP contribution is 2.31. The van der Waals surface area contributed by atoms with Crippen LogP contribution in [0.5, 0.6) is 0 Å². The molecule has 7 heteroatoms. The van der Waals surface area contributed by atoms with Gasteiger partial charge in [0.2, 0.25) is 5.89 Å². The molecule has 2 aromatic rings. The maximum Gasteiger partial charge on any atom is 0.272 e. The number of aromatic amines is 1. The first kappa shape index (κ1) is 10.9. The van der Waals surface area contributed by atoms with Crippen LogP contribution in [0.3, 0.4) is 0 Å². The van der Waals surface area contributed by atoms with Crippen LogP contribution in [-0.4, -0.2) is 37.7 Å². The third-order valence-corrected chi connectivity index (χ3v) is 3.09. The molecule has 0 saturated carbocycles. The van der Waals surface area contributed by atoms with E-state index in [1.165, 1.54) is 0 Å². The molecule has 3 heterocycles. The molecular weight excluding hydrogens is 234 g/mol. The SMILES string of the molecule is Cc1nc([C@H]2CCCN2C(=O)c2ccn[nH]2)no1. The van der Waals surface area contributed by atoms with Gasteiger partial charge in [-0.3, -0.25) is 9.89 Å². The monoisotopic (exact) mass is 247 g/mol. The Labute approximate surface area is 103 Å². The minimum Gasteiger partial charge on any atom is -0.340 e. The molecule has 1 N–H and O–H groups in total. The average molecular weight is 247 g/mol. The molecule has 0 unspecified atom stereocenters. The van der Waals surface area contributed by atoms with Crippen molar-refractivity contribution in [2.24, 2.45) is 0 Å². The van der Waals surface area contributed by atoms with E-state index in [-0.39, 0.29) is 11.9 Å². The quantitative estimate of drug-likeness (QED) is 0.857. The lowest BCUT2D eigenvalue weighted by atomic mass is 10.2. The maximum absolute atomic E-state index is 12.3. The van der Waals surface area contributed by atoms with Gasteiger partial charge in [0.25, 0.3) is 5.91 Å². The second-order valence-electron chi connectivity index (χ2n) is 4.30. The Morgan fingerprint density at radius 1 is 1.61 bits per heavy atom. The third kappa shape index (κ3) is 1.77. The lowest BCUT2D eigenvalue weighted by Crippen LogP contribution is -2.31. The Hall–Kier alpha value is -2.18. The molecule has 1 aliphatic rings. The highest BCUT2D eigenvalue weighted by atomic mass is 16.5. The molecule has 0 aliphatic carbocycles. The van der Waals surface area contributed by atoms with Gasteiger partial charge in [-0.05, 0) is 18.9 Å². The molecule has 1 aliphatic heterocycles. The molecule has 1 atom stereocenters. The maximum atomic E-state index is 12.3. The second kappa shape index (κ2) is 4.25. The van der Waals surface area contributed by atoms with Crippen LogP contribution in [0.4, 0.5) is 0 Å². The van der Waals surface area contributed by atoms with E-state index in [0.29, 0.717) is 24.0 Å². The molecular formula is C11H13N5O2. The number of amides is 1. The van der Waals surface area contributed by atoms with Crippen molar-refractivity contribution < 1.29 is 9.32 Å². The molecule has 94 valence electrons. The van der Waals surface area contributed by atoms with Gasteiger partial charge in [0.05, 0.1) is 6.04 Å². The van der Waals surface area contributed by atoms with Crippen LogP contribution >= 0.6 is 0 Å². The molecule has 0 spiro atoms. The van der Waals surface area contributed by atoms with E-state index in [1.54, 1.807) is 24.1 Å². The average Bonchev–Trinajstić information content (AvgIpc) is 3.09. The van der Waals surface area contributed by atoms with Crippen LogP contribution in [0.2, 0.25) is 0 Å². The van der Waals surface area contributed by atoms with E-state index in [9.17, 15) is 4.79 Å². The Morgan fingerprint density at radius 3 is 3.17 bits per heavy atom. The van der Waals surface area contributed by atoms with Crippen molar-refractivity contribution in [3.05, 3.63) is 29.7 Å². The lowest BCUT2D eigenvalue weighted by molar-refractivity contribution is 0.0722. The summed E-state index contributed by atoms with van der Waals surface area (Å²) in [6.45, 7) is 2.45. The van der Waals surface area contributed by atoms with Crippen molar-refractivity contribution in [1.82, 2.24) is 25.2 Å². The molecule has 3 rings (SSSR count). The van der Waals surface area contributed by atoms with Gasteiger partial charge in [0.1, 0.15) is 5.69 Å². The van der Waals surface area contributed by atoms with Gasteiger partial charge in [-0.15, -0.1) is 0 Å². The van der Waals surface area contributed by atoms with Gasteiger partial charge in [0.15, 0.2) is 5.82 Å². The van der Waals surface area contributed by atoms with Gasteiger partial charge in [-0.2, -0.15) is 10.1 Å². The summed E-state index contributed by atoms with van der Waals surface area (Å²) in [6.07, 6.45) is 3.37. The number of carbonyl (C=O) groups excluding carboxylic acids is 1. The zero-order chi connectivity index (χ0) is 12.5. The number of hydrogen-bond donors (Lipinski definition) is 1. The third-order valence-electron chi connectivity index (χ3n) is 3.09. The van der Waals surface area contributed by atoms with E-state index in [4.69, 9.17) is 4.52 Å². The second-order valence-corrected chi connectivity index (χ2v) is 4.30. The van der Waals surface area contributed by atoms with E-state index in [0.717, 1.165) is 12.8 Å². The fourth-order valence-electron chi connectivity index (χ4n) is 2.26. The predicted octanol–water partition coefficient (Wildman–Crippen LogP) is 1.08. The zero-order valence-corrected chi connectivity index (χ0v) is 9.96. The number of hydrogen-bond acceptors (Lipinski definition) is 5. The van der Waals surface area contributed by atoms with Crippen LogP contribution in [0.1, 0.15) is 41.1 Å². The lowest BCUT2D eigenvalue weighted by Gasteiger charge is -2.21. The van der Waals surface area contributed by atoms with Crippen LogP contribution in [0.25, 0.3) is 0 Å². The van der Waals surface area contributed by atoms with Crippen LogP contribution in [0, 0.1) is 6.92 Å². The number of rotatable bonds is 2. The van der Waals surface area contributed by atoms with Crippen molar-refractivity contribution >= 4 is 5.91 Å². The minimum absolute atomic E-state index is 0.0718. The number of H-pyrrole nitrogens is 1. The molecule has 7 nitrogen and oxygen atoms in total. The van der Waals surface area contributed by atoms with Gasteiger partial charge in [-0.25, -0.2) is 0 Å². The Morgan fingerprint density at radius 2 is 2.50 bits per heavy atom.